The fourth-order valence-electron chi connectivity index (χ4n) is 7.73. The van der Waals surface area contributed by atoms with Crippen LogP contribution in [0.2, 0.25) is 0 Å². The van der Waals surface area contributed by atoms with Gasteiger partial charge in [0.2, 0.25) is 5.78 Å². The molecule has 0 unspecified atom stereocenters. The molecule has 0 aliphatic carbocycles. The van der Waals surface area contributed by atoms with Crippen LogP contribution < -0.4 is 15.0 Å². The van der Waals surface area contributed by atoms with E-state index in [2.05, 4.69) is 5.32 Å². The van der Waals surface area contributed by atoms with E-state index in [1.54, 1.807) is 66.7 Å². The molecule has 46 heavy (non-hydrogen) atoms. The highest BCUT2D eigenvalue weighted by molar-refractivity contribution is 6.42. The van der Waals surface area contributed by atoms with Crippen LogP contribution in [-0.2, 0) is 33.0 Å². The standard InChI is InChI=1S/C36H30F3N3O4/c1-46-26-16-10-15-25(19-26)29-30(36(37,38)39)40-35(34(29)22-41(32(44)31(34)43)20-23-11-4-2-5-12-23)27-17-8-9-18-28(27)42(33(35)45)21-24-13-6-3-7-14-24/h2-19,29-30,40H,20-22H2,1H3/t29-,30+,34-,35-/m1/s1. The largest absolute Gasteiger partial charge is 0.497 e. The summed E-state index contributed by atoms with van der Waals surface area (Å²) in [6.07, 6.45) is -4.90. The Hall–Kier alpha value is -4.96. The Morgan fingerprint density at radius 2 is 1.46 bits per heavy atom. The zero-order valence-electron chi connectivity index (χ0n) is 24.8. The molecule has 2 fully saturated rings. The monoisotopic (exact) mass is 625 g/mol. The number of nitrogens with zero attached hydrogens (tertiary/aromatic N) is 2. The van der Waals surface area contributed by atoms with Gasteiger partial charge >= 0.3 is 6.18 Å². The first-order valence-electron chi connectivity index (χ1n) is 14.9. The van der Waals surface area contributed by atoms with E-state index in [0.717, 1.165) is 5.56 Å². The summed E-state index contributed by atoms with van der Waals surface area (Å²) in [6, 6.07) is 28.4. The minimum Gasteiger partial charge on any atom is -0.497 e. The normalized spacial score (nSPS) is 25.6. The molecule has 10 heteroatoms. The highest BCUT2D eigenvalue weighted by Gasteiger charge is 2.81. The number of amides is 2. The van der Waals surface area contributed by atoms with E-state index in [1.807, 2.05) is 30.3 Å². The molecule has 4 aromatic carbocycles. The van der Waals surface area contributed by atoms with Crippen molar-refractivity contribution in [3.8, 4) is 5.75 Å². The Kier molecular flexibility index (Phi) is 7.01. The van der Waals surface area contributed by atoms with Crippen molar-refractivity contribution < 1.29 is 32.3 Å². The molecular weight excluding hydrogens is 595 g/mol. The molecule has 2 amide bonds. The van der Waals surface area contributed by atoms with Crippen LogP contribution in [0.3, 0.4) is 0 Å². The quantitative estimate of drug-likeness (QED) is 0.293. The zero-order chi connectivity index (χ0) is 32.3. The van der Waals surface area contributed by atoms with Crippen molar-refractivity contribution in [2.24, 2.45) is 5.41 Å². The fraction of sp³-hybridized carbons (Fsp3) is 0.250. The first kappa shape index (κ1) is 29.7. The third-order valence-corrected chi connectivity index (χ3v) is 9.60. The summed E-state index contributed by atoms with van der Waals surface area (Å²) < 4.78 is 51.4. The second-order valence-corrected chi connectivity index (χ2v) is 12.0. The Morgan fingerprint density at radius 3 is 2.11 bits per heavy atom. The number of carbonyl (C=O) groups is 3. The number of para-hydroxylation sites is 1. The van der Waals surface area contributed by atoms with Gasteiger partial charge in [-0.15, -0.1) is 0 Å². The van der Waals surface area contributed by atoms with Gasteiger partial charge < -0.3 is 14.5 Å². The van der Waals surface area contributed by atoms with Crippen LogP contribution in [0.1, 0.15) is 28.2 Å². The molecule has 7 nitrogen and oxygen atoms in total. The van der Waals surface area contributed by atoms with Crippen molar-refractivity contribution in [3.63, 3.8) is 0 Å². The Labute approximate surface area is 263 Å². The summed E-state index contributed by atoms with van der Waals surface area (Å²) in [5, 5.41) is 2.73. The molecule has 3 aliphatic heterocycles. The third kappa shape index (κ3) is 4.27. The maximum atomic E-state index is 15.3. The molecule has 4 atom stereocenters. The predicted octanol–water partition coefficient (Wildman–Crippen LogP) is 5.35. The average Bonchev–Trinajstić information content (AvgIpc) is 3.61. The fourth-order valence-corrected chi connectivity index (χ4v) is 7.73. The van der Waals surface area contributed by atoms with Gasteiger partial charge in [-0.05, 0) is 34.9 Å². The van der Waals surface area contributed by atoms with Crippen LogP contribution in [-0.4, -0.2) is 48.4 Å². The molecule has 3 heterocycles. The molecule has 0 saturated carbocycles. The number of fused-ring (bicyclic) bond motifs is 3. The highest BCUT2D eigenvalue weighted by Crippen LogP contribution is 2.65. The van der Waals surface area contributed by atoms with Gasteiger partial charge in [-0.25, -0.2) is 0 Å². The van der Waals surface area contributed by atoms with Crippen molar-refractivity contribution in [1.29, 1.82) is 0 Å². The summed E-state index contributed by atoms with van der Waals surface area (Å²) in [5.74, 6) is -4.02. The number of methoxy groups -OCH3 is 1. The Bertz CT molecular complexity index is 1830. The second-order valence-electron chi connectivity index (χ2n) is 12.0. The van der Waals surface area contributed by atoms with Crippen LogP contribution in [0, 0.1) is 5.41 Å². The lowest BCUT2D eigenvalue weighted by Gasteiger charge is -2.40. The smallest absolute Gasteiger partial charge is 0.404 e. The predicted molar refractivity (Wildman–Crippen MR) is 164 cm³/mol. The number of ketones is 1. The maximum absolute atomic E-state index is 15.3. The second kappa shape index (κ2) is 10.8. The van der Waals surface area contributed by atoms with Crippen LogP contribution >= 0.6 is 0 Å². The number of anilines is 1. The number of alkyl halides is 3. The van der Waals surface area contributed by atoms with E-state index >= 15 is 18.0 Å². The average molecular weight is 626 g/mol. The molecule has 1 N–H and O–H groups in total. The molecule has 4 aromatic rings. The molecule has 3 aliphatic rings. The molecule has 0 aromatic heterocycles. The van der Waals surface area contributed by atoms with Gasteiger partial charge in [0.15, 0.2) is 0 Å². The number of hydrogen-bond acceptors (Lipinski definition) is 5. The van der Waals surface area contributed by atoms with Crippen LogP contribution in [0.15, 0.2) is 109 Å². The summed E-state index contributed by atoms with van der Waals surface area (Å²) >= 11 is 0. The maximum Gasteiger partial charge on any atom is 0.404 e. The zero-order valence-corrected chi connectivity index (χ0v) is 24.8. The number of halogens is 3. The molecule has 7 rings (SSSR count). The number of hydrogen-bond donors (Lipinski definition) is 1. The van der Waals surface area contributed by atoms with E-state index in [4.69, 9.17) is 4.74 Å². The topological polar surface area (TPSA) is 79.0 Å². The minimum atomic E-state index is -4.90. The van der Waals surface area contributed by atoms with E-state index < -0.39 is 53.2 Å². The van der Waals surface area contributed by atoms with Crippen LogP contribution in [0.5, 0.6) is 5.75 Å². The number of ether oxygens (including phenoxy) is 1. The van der Waals surface area contributed by atoms with Crippen molar-refractivity contribution in [1.82, 2.24) is 10.2 Å². The van der Waals surface area contributed by atoms with Crippen molar-refractivity contribution in [2.45, 2.75) is 36.8 Å². The van der Waals surface area contributed by atoms with Gasteiger partial charge in [-0.2, -0.15) is 13.2 Å². The van der Waals surface area contributed by atoms with Gasteiger partial charge in [0, 0.05) is 30.3 Å². The lowest BCUT2D eigenvalue weighted by atomic mass is 9.59. The van der Waals surface area contributed by atoms with Gasteiger partial charge in [0.25, 0.3) is 11.8 Å². The number of nitrogens with one attached hydrogen (secondary N) is 1. The molecular formula is C36H30F3N3O4. The molecule has 0 bridgehead atoms. The van der Waals surface area contributed by atoms with Crippen LogP contribution in [0.4, 0.5) is 18.9 Å². The number of rotatable bonds is 6. The third-order valence-electron chi connectivity index (χ3n) is 9.60. The van der Waals surface area contributed by atoms with E-state index in [9.17, 15) is 9.59 Å². The summed E-state index contributed by atoms with van der Waals surface area (Å²) in [4.78, 5) is 46.4. The Balaban J connectivity index is 1.49. The number of likely N-dealkylation sites (tertiary alicyclic amines) is 1. The number of carbonyl (C=O) groups excluding carboxylic acids is 3. The van der Waals surface area contributed by atoms with E-state index in [1.165, 1.54) is 29.0 Å². The van der Waals surface area contributed by atoms with Gasteiger partial charge in [0.1, 0.15) is 17.3 Å². The van der Waals surface area contributed by atoms with E-state index in [-0.39, 0.29) is 30.0 Å². The van der Waals surface area contributed by atoms with Gasteiger partial charge in [-0.3, -0.25) is 19.7 Å². The minimum absolute atomic E-state index is 0.00563. The summed E-state index contributed by atoms with van der Waals surface area (Å²) in [7, 11) is 1.40. The lowest BCUT2D eigenvalue weighted by Crippen LogP contribution is -2.60. The number of Topliss-reactive ketones (excluding diaryl/α,β-unsaturated/α-hetero) is 1. The molecule has 0 radical (unpaired) electrons. The van der Waals surface area contributed by atoms with Gasteiger partial charge in [0.05, 0.1) is 19.1 Å². The molecule has 2 spiro atoms. The summed E-state index contributed by atoms with van der Waals surface area (Å²) in [6.45, 7) is -0.346. The lowest BCUT2D eigenvalue weighted by molar-refractivity contribution is -0.159. The van der Waals surface area contributed by atoms with Crippen LogP contribution in [0.25, 0.3) is 0 Å². The summed E-state index contributed by atoms with van der Waals surface area (Å²) in [5.41, 5.74) is -2.15. The molecule has 234 valence electrons. The van der Waals surface area contributed by atoms with E-state index in [0.29, 0.717) is 11.3 Å². The Morgan fingerprint density at radius 1 is 0.826 bits per heavy atom. The SMILES string of the molecule is COc1cccc([C@@H]2[C@@H](C(F)(F)F)N[C@]3(C(=O)N(Cc4ccccc4)c4ccccc43)[C@]23CN(Cc2ccccc2)C(=O)C3=O)c1. The highest BCUT2D eigenvalue weighted by atomic mass is 19.4. The number of benzene rings is 4. The first-order valence-corrected chi connectivity index (χ1v) is 14.9. The van der Waals surface area contributed by atoms with Gasteiger partial charge in [-0.1, -0.05) is 91.0 Å². The van der Waals surface area contributed by atoms with Crippen molar-refractivity contribution in [2.75, 3.05) is 18.6 Å². The first-order chi connectivity index (χ1) is 22.1. The van der Waals surface area contributed by atoms with Crippen molar-refractivity contribution in [3.05, 3.63) is 131 Å². The molecule has 2 saturated heterocycles. The van der Waals surface area contributed by atoms with Crippen molar-refractivity contribution >= 4 is 23.3 Å².